The topological polar surface area (TPSA) is 67.2 Å². The molecule has 2 N–H and O–H groups in total. The quantitative estimate of drug-likeness (QED) is 0.802. The second-order valence-electron chi connectivity index (χ2n) is 4.24. The molecule has 6 heteroatoms. The summed E-state index contributed by atoms with van der Waals surface area (Å²) >= 11 is 3.23. The lowest BCUT2D eigenvalue weighted by Gasteiger charge is -2.28. The highest BCUT2D eigenvalue weighted by molar-refractivity contribution is 9.10. The highest BCUT2D eigenvalue weighted by Gasteiger charge is 2.22. The highest BCUT2D eigenvalue weighted by atomic mass is 79.9. The van der Waals surface area contributed by atoms with Crippen LogP contribution in [0.5, 0.6) is 0 Å². The molecule has 98 valence electrons. The molecule has 1 heterocycles. The van der Waals surface area contributed by atoms with Crippen LogP contribution in [0.15, 0.2) is 15.5 Å². The SMILES string of the molecule is C#CCn1ncc(NC(C)(CC)CO)c(Br)c1=O. The van der Waals surface area contributed by atoms with Gasteiger partial charge in [0, 0.05) is 0 Å². The summed E-state index contributed by atoms with van der Waals surface area (Å²) in [6.45, 7) is 3.91. The van der Waals surface area contributed by atoms with Crippen molar-refractivity contribution in [2.75, 3.05) is 11.9 Å². The van der Waals surface area contributed by atoms with Crippen molar-refractivity contribution < 1.29 is 5.11 Å². The summed E-state index contributed by atoms with van der Waals surface area (Å²) in [6, 6.07) is 0. The van der Waals surface area contributed by atoms with Gasteiger partial charge in [0.05, 0.1) is 24.0 Å². The Kier molecular flexibility index (Phi) is 4.93. The molecule has 0 amide bonds. The van der Waals surface area contributed by atoms with Gasteiger partial charge in [-0.3, -0.25) is 4.79 Å². The number of halogens is 1. The Morgan fingerprint density at radius 1 is 1.72 bits per heavy atom. The van der Waals surface area contributed by atoms with E-state index in [9.17, 15) is 9.90 Å². The number of aromatic nitrogens is 2. The summed E-state index contributed by atoms with van der Waals surface area (Å²) in [5.74, 6) is 2.36. The van der Waals surface area contributed by atoms with Crippen LogP contribution < -0.4 is 10.9 Å². The summed E-state index contributed by atoms with van der Waals surface area (Å²) in [5.41, 5.74) is -0.240. The van der Waals surface area contributed by atoms with Crippen LogP contribution in [0.4, 0.5) is 5.69 Å². The normalized spacial score (nSPS) is 13.7. The number of terminal acetylenes is 1. The first-order valence-electron chi connectivity index (χ1n) is 5.55. The summed E-state index contributed by atoms with van der Waals surface area (Å²) in [4.78, 5) is 11.9. The molecular weight excluding hydrogens is 298 g/mol. The lowest BCUT2D eigenvalue weighted by Crippen LogP contribution is -2.39. The molecule has 1 unspecified atom stereocenters. The fourth-order valence-electron chi connectivity index (χ4n) is 1.32. The lowest BCUT2D eigenvalue weighted by molar-refractivity contribution is 0.219. The fraction of sp³-hybridized carbons (Fsp3) is 0.500. The van der Waals surface area contributed by atoms with E-state index in [1.165, 1.54) is 10.9 Å². The average molecular weight is 314 g/mol. The van der Waals surface area contributed by atoms with Crippen LogP contribution in [0, 0.1) is 12.3 Å². The van der Waals surface area contributed by atoms with Crippen LogP contribution in [-0.4, -0.2) is 27.0 Å². The number of nitrogens with one attached hydrogen (secondary N) is 1. The molecule has 0 radical (unpaired) electrons. The first-order chi connectivity index (χ1) is 8.47. The first kappa shape index (κ1) is 14.7. The fourth-order valence-corrected chi connectivity index (χ4v) is 1.72. The number of anilines is 1. The van der Waals surface area contributed by atoms with Crippen LogP contribution in [0.25, 0.3) is 0 Å². The molecule has 0 aromatic carbocycles. The van der Waals surface area contributed by atoms with Gasteiger partial charge in [-0.2, -0.15) is 5.10 Å². The molecule has 0 fully saturated rings. The molecule has 0 aliphatic carbocycles. The van der Waals surface area contributed by atoms with Gasteiger partial charge in [-0.1, -0.05) is 12.8 Å². The number of rotatable bonds is 5. The molecular formula is C12H16BrN3O2. The van der Waals surface area contributed by atoms with Gasteiger partial charge in [-0.25, -0.2) is 4.68 Å². The van der Waals surface area contributed by atoms with Crippen molar-refractivity contribution in [2.24, 2.45) is 0 Å². The van der Waals surface area contributed by atoms with Crippen LogP contribution >= 0.6 is 15.9 Å². The number of aliphatic hydroxyl groups excluding tert-OH is 1. The smallest absolute Gasteiger partial charge is 0.284 e. The zero-order valence-electron chi connectivity index (χ0n) is 10.4. The van der Waals surface area contributed by atoms with Gasteiger partial charge in [-0.05, 0) is 29.3 Å². The predicted octanol–water partition coefficient (Wildman–Crippen LogP) is 1.21. The van der Waals surface area contributed by atoms with E-state index in [1.54, 1.807) is 0 Å². The van der Waals surface area contributed by atoms with Gasteiger partial charge in [0.1, 0.15) is 11.0 Å². The Balaban J connectivity index is 3.11. The van der Waals surface area contributed by atoms with Gasteiger partial charge in [0.25, 0.3) is 5.56 Å². The van der Waals surface area contributed by atoms with Gasteiger partial charge >= 0.3 is 0 Å². The summed E-state index contributed by atoms with van der Waals surface area (Å²) in [6.07, 6.45) is 7.38. The number of nitrogens with zero attached hydrogens (tertiary/aromatic N) is 2. The maximum Gasteiger partial charge on any atom is 0.284 e. The van der Waals surface area contributed by atoms with Crippen molar-refractivity contribution >= 4 is 21.6 Å². The molecule has 1 aromatic heterocycles. The third kappa shape index (κ3) is 3.12. The molecule has 1 atom stereocenters. The van der Waals surface area contributed by atoms with Crippen molar-refractivity contribution in [3.05, 3.63) is 21.0 Å². The minimum absolute atomic E-state index is 0.0383. The zero-order valence-corrected chi connectivity index (χ0v) is 12.0. The van der Waals surface area contributed by atoms with E-state index in [1.807, 2.05) is 13.8 Å². The van der Waals surface area contributed by atoms with E-state index in [2.05, 4.69) is 32.3 Å². The summed E-state index contributed by atoms with van der Waals surface area (Å²) in [7, 11) is 0. The average Bonchev–Trinajstić information content (AvgIpc) is 2.38. The molecule has 18 heavy (non-hydrogen) atoms. The number of aliphatic hydroxyl groups is 1. The first-order valence-corrected chi connectivity index (χ1v) is 6.35. The molecule has 1 rings (SSSR count). The van der Waals surface area contributed by atoms with E-state index in [0.717, 1.165) is 0 Å². The van der Waals surface area contributed by atoms with Crippen molar-refractivity contribution in [2.45, 2.75) is 32.4 Å². The minimum Gasteiger partial charge on any atom is -0.394 e. The van der Waals surface area contributed by atoms with Crippen LogP contribution in [0.1, 0.15) is 20.3 Å². The Morgan fingerprint density at radius 3 is 2.89 bits per heavy atom. The van der Waals surface area contributed by atoms with Crippen molar-refractivity contribution in [1.82, 2.24) is 9.78 Å². The van der Waals surface area contributed by atoms with Gasteiger partial charge in [0.2, 0.25) is 0 Å². The van der Waals surface area contributed by atoms with E-state index in [0.29, 0.717) is 16.6 Å². The van der Waals surface area contributed by atoms with Crippen LogP contribution in [-0.2, 0) is 6.54 Å². The molecule has 5 nitrogen and oxygen atoms in total. The molecule has 0 spiro atoms. The van der Waals surface area contributed by atoms with E-state index in [4.69, 9.17) is 6.42 Å². The second-order valence-corrected chi connectivity index (χ2v) is 5.03. The summed E-state index contributed by atoms with van der Waals surface area (Å²) < 4.78 is 1.55. The highest BCUT2D eigenvalue weighted by Crippen LogP contribution is 2.22. The van der Waals surface area contributed by atoms with Gasteiger partial charge in [-0.15, -0.1) is 6.42 Å². The molecule has 0 bridgehead atoms. The third-order valence-electron chi connectivity index (χ3n) is 2.79. The molecule has 1 aromatic rings. The molecule has 0 aliphatic heterocycles. The Morgan fingerprint density at radius 2 is 2.39 bits per heavy atom. The number of hydrogen-bond acceptors (Lipinski definition) is 4. The maximum atomic E-state index is 11.9. The summed E-state index contributed by atoms with van der Waals surface area (Å²) in [5, 5.41) is 16.4. The van der Waals surface area contributed by atoms with Crippen LogP contribution in [0.3, 0.4) is 0 Å². The van der Waals surface area contributed by atoms with Gasteiger partial charge in [0.15, 0.2) is 0 Å². The largest absolute Gasteiger partial charge is 0.394 e. The van der Waals surface area contributed by atoms with E-state index >= 15 is 0 Å². The Bertz CT molecular complexity index is 515. The minimum atomic E-state index is -0.491. The van der Waals surface area contributed by atoms with Crippen molar-refractivity contribution in [3.63, 3.8) is 0 Å². The monoisotopic (exact) mass is 313 g/mol. The zero-order chi connectivity index (χ0) is 13.8. The predicted molar refractivity (Wildman–Crippen MR) is 74.4 cm³/mol. The van der Waals surface area contributed by atoms with Gasteiger partial charge < -0.3 is 10.4 Å². The maximum absolute atomic E-state index is 11.9. The van der Waals surface area contributed by atoms with Crippen molar-refractivity contribution in [1.29, 1.82) is 0 Å². The van der Waals surface area contributed by atoms with Crippen LogP contribution in [0.2, 0.25) is 0 Å². The van der Waals surface area contributed by atoms with E-state index < -0.39 is 5.54 Å². The Labute approximate surface area is 114 Å². The molecule has 0 saturated heterocycles. The molecule has 0 aliphatic rings. The van der Waals surface area contributed by atoms with E-state index in [-0.39, 0.29) is 18.7 Å². The standard InChI is InChI=1S/C12H16BrN3O2/c1-4-6-16-11(18)10(13)9(7-14-16)15-12(3,5-2)8-17/h1,7,15,17H,5-6,8H2,2-3H3. The molecule has 0 saturated carbocycles. The third-order valence-corrected chi connectivity index (χ3v) is 3.56. The van der Waals surface area contributed by atoms with Crippen molar-refractivity contribution in [3.8, 4) is 12.3 Å². The second kappa shape index (κ2) is 6.03. The number of hydrogen-bond donors (Lipinski definition) is 2. The lowest BCUT2D eigenvalue weighted by atomic mass is 10.0. The Hall–Kier alpha value is -1.32.